The number of benzene rings is 1. The lowest BCUT2D eigenvalue weighted by molar-refractivity contribution is -0.131. The average molecular weight is 220 g/mol. The molecule has 0 saturated heterocycles. The Morgan fingerprint density at radius 2 is 1.80 bits per heavy atom. The zero-order chi connectivity index (χ0) is 11.5. The van der Waals surface area contributed by atoms with E-state index in [0.29, 0.717) is 0 Å². The van der Waals surface area contributed by atoms with Crippen molar-refractivity contribution >= 4 is 19.2 Å². The molecule has 1 aromatic rings. The van der Waals surface area contributed by atoms with E-state index in [4.69, 9.17) is 5.11 Å². The summed E-state index contributed by atoms with van der Waals surface area (Å²) in [5.74, 6) is -0.873. The third-order valence-corrected chi connectivity index (χ3v) is 5.26. The minimum absolute atomic E-state index is 0.873. The van der Waals surface area contributed by atoms with Gasteiger partial charge in [-0.1, -0.05) is 53.8 Å². The second-order valence-electron chi connectivity index (χ2n) is 4.26. The molecule has 0 atom stereocenters. The van der Waals surface area contributed by atoms with Crippen molar-refractivity contribution in [3.63, 3.8) is 0 Å². The highest BCUT2D eigenvalue weighted by Crippen LogP contribution is 2.06. The molecule has 0 unspecified atom stereocenters. The molecule has 80 valence electrons. The normalized spacial score (nSPS) is 11.9. The number of aliphatic carboxylic acids is 1. The van der Waals surface area contributed by atoms with Gasteiger partial charge < -0.3 is 5.11 Å². The van der Waals surface area contributed by atoms with Crippen molar-refractivity contribution in [1.29, 1.82) is 0 Å². The number of hydrogen-bond donors (Lipinski definition) is 1. The molecular weight excluding hydrogens is 204 g/mol. The zero-order valence-electron chi connectivity index (χ0n) is 9.32. The van der Waals surface area contributed by atoms with Gasteiger partial charge in [0.15, 0.2) is 0 Å². The molecule has 1 aromatic carbocycles. The van der Waals surface area contributed by atoms with E-state index in [1.807, 2.05) is 12.6 Å². The quantitative estimate of drug-likeness (QED) is 0.625. The second-order valence-corrected chi connectivity index (χ2v) is 8.61. The highest BCUT2D eigenvalue weighted by atomic mass is 28.3. The van der Waals surface area contributed by atoms with Crippen LogP contribution in [0.25, 0.3) is 0 Å². The van der Waals surface area contributed by atoms with Gasteiger partial charge in [0, 0.05) is 6.08 Å². The summed E-state index contributed by atoms with van der Waals surface area (Å²) >= 11 is 0. The van der Waals surface area contributed by atoms with Crippen LogP contribution in [0.1, 0.15) is 5.56 Å². The first-order valence-electron chi connectivity index (χ1n) is 4.91. The monoisotopic (exact) mass is 220 g/mol. The van der Waals surface area contributed by atoms with Crippen LogP contribution in [0.3, 0.4) is 0 Å². The Kier molecular flexibility index (Phi) is 3.47. The van der Waals surface area contributed by atoms with Crippen LogP contribution < -0.4 is 5.19 Å². The largest absolute Gasteiger partial charge is 0.478 e. The molecule has 0 radical (unpaired) electrons. The maximum absolute atomic E-state index is 10.5. The summed E-state index contributed by atoms with van der Waals surface area (Å²) in [4.78, 5) is 10.5. The first kappa shape index (κ1) is 11.7. The molecule has 1 N–H and O–H groups in total. The fraction of sp³-hybridized carbons (Fsp3) is 0.250. The molecule has 0 aliphatic rings. The molecular formula is C12H16O2Si. The smallest absolute Gasteiger partial charge is 0.327 e. The van der Waals surface area contributed by atoms with Crippen molar-refractivity contribution in [2.75, 3.05) is 0 Å². The van der Waals surface area contributed by atoms with Crippen LogP contribution in [-0.2, 0) is 4.79 Å². The highest BCUT2D eigenvalue weighted by Gasteiger charge is 2.19. The predicted molar refractivity (Wildman–Crippen MR) is 65.1 cm³/mol. The van der Waals surface area contributed by atoms with E-state index in [0.717, 1.165) is 0 Å². The van der Waals surface area contributed by atoms with Crippen LogP contribution in [0.5, 0.6) is 0 Å². The molecule has 0 fully saturated rings. The number of hydrogen-bond acceptors (Lipinski definition) is 1. The Morgan fingerprint density at radius 3 is 2.27 bits per heavy atom. The lowest BCUT2D eigenvalue weighted by Crippen LogP contribution is -2.39. The number of carboxylic acids is 1. The third-order valence-electron chi connectivity index (χ3n) is 2.44. The summed E-state index contributed by atoms with van der Waals surface area (Å²) in [6.45, 7) is 6.32. The Bertz CT molecular complexity index is 377. The zero-order valence-corrected chi connectivity index (χ0v) is 10.3. The van der Waals surface area contributed by atoms with Gasteiger partial charge >= 0.3 is 5.97 Å². The molecule has 0 aromatic heterocycles. The van der Waals surface area contributed by atoms with Crippen molar-refractivity contribution in [3.8, 4) is 0 Å². The van der Waals surface area contributed by atoms with Gasteiger partial charge in [-0.3, -0.25) is 0 Å². The molecule has 2 nitrogen and oxygen atoms in total. The highest BCUT2D eigenvalue weighted by molar-refractivity contribution is 6.94. The van der Waals surface area contributed by atoms with Crippen LogP contribution in [0.2, 0.25) is 13.1 Å². The molecule has 1 rings (SSSR count). The number of rotatable bonds is 3. The van der Waals surface area contributed by atoms with Gasteiger partial charge in [0.25, 0.3) is 0 Å². The van der Waals surface area contributed by atoms with E-state index in [-0.39, 0.29) is 0 Å². The summed E-state index contributed by atoms with van der Waals surface area (Å²) in [7, 11) is -1.73. The van der Waals surface area contributed by atoms with Crippen molar-refractivity contribution in [2.45, 2.75) is 20.0 Å². The minimum Gasteiger partial charge on any atom is -0.478 e. The average Bonchev–Trinajstić information content (AvgIpc) is 2.16. The Hall–Kier alpha value is -1.35. The van der Waals surface area contributed by atoms with Crippen LogP contribution in [0, 0.1) is 6.92 Å². The van der Waals surface area contributed by atoms with Gasteiger partial charge in [0.2, 0.25) is 0 Å². The van der Waals surface area contributed by atoms with Gasteiger partial charge in [-0.05, 0) is 6.92 Å². The second kappa shape index (κ2) is 4.44. The van der Waals surface area contributed by atoms with Crippen LogP contribution in [-0.4, -0.2) is 19.1 Å². The third kappa shape index (κ3) is 3.36. The lowest BCUT2D eigenvalue weighted by Gasteiger charge is -2.18. The molecule has 15 heavy (non-hydrogen) atoms. The molecule has 0 amide bonds. The Morgan fingerprint density at radius 1 is 1.27 bits per heavy atom. The van der Waals surface area contributed by atoms with Crippen LogP contribution >= 0.6 is 0 Å². The molecule has 0 spiro atoms. The summed E-state index contributed by atoms with van der Waals surface area (Å²) < 4.78 is 0. The molecule has 0 bridgehead atoms. The van der Waals surface area contributed by atoms with Crippen LogP contribution in [0.15, 0.2) is 36.0 Å². The summed E-state index contributed by atoms with van der Waals surface area (Å²) in [6.07, 6.45) is 1.26. The molecule has 0 aliphatic heterocycles. The SMILES string of the molecule is Cc1ccc([Si](C)(C)/C=C/C(=O)O)cc1. The van der Waals surface area contributed by atoms with Gasteiger partial charge in [-0.25, -0.2) is 4.79 Å². The Balaban J connectivity index is 2.95. The fourth-order valence-electron chi connectivity index (χ4n) is 1.36. The molecule has 3 heteroatoms. The van der Waals surface area contributed by atoms with Gasteiger partial charge in [0.1, 0.15) is 8.07 Å². The Labute approximate surface area is 91.3 Å². The fourth-order valence-corrected chi connectivity index (χ4v) is 3.14. The van der Waals surface area contributed by atoms with Crippen LogP contribution in [0.4, 0.5) is 0 Å². The number of carbonyl (C=O) groups is 1. The molecule has 0 saturated carbocycles. The number of aryl methyl sites for hydroxylation is 1. The van der Waals surface area contributed by atoms with E-state index >= 15 is 0 Å². The summed E-state index contributed by atoms with van der Waals surface area (Å²) in [5, 5.41) is 9.86. The predicted octanol–water partition coefficient (Wildman–Crippen LogP) is 2.09. The summed E-state index contributed by atoms with van der Waals surface area (Å²) in [6, 6.07) is 8.32. The number of carboxylic acid groups (broad SMARTS) is 1. The van der Waals surface area contributed by atoms with Crippen molar-refractivity contribution in [3.05, 3.63) is 41.6 Å². The first-order valence-corrected chi connectivity index (χ1v) is 7.99. The minimum atomic E-state index is -1.73. The van der Waals surface area contributed by atoms with Crippen molar-refractivity contribution in [2.24, 2.45) is 0 Å². The van der Waals surface area contributed by atoms with Gasteiger partial charge in [-0.2, -0.15) is 0 Å². The molecule has 0 aliphatic carbocycles. The van der Waals surface area contributed by atoms with Gasteiger partial charge in [0.05, 0.1) is 0 Å². The standard InChI is InChI=1S/C12H16O2Si/c1-10-4-6-11(7-5-10)15(2,3)9-8-12(13)14/h4-9H,1-3H3,(H,13,14)/b9-8+. The van der Waals surface area contributed by atoms with E-state index < -0.39 is 14.0 Å². The van der Waals surface area contributed by atoms with E-state index in [1.165, 1.54) is 16.8 Å². The first-order chi connectivity index (χ1) is 6.92. The van der Waals surface area contributed by atoms with Gasteiger partial charge in [-0.15, -0.1) is 0 Å². The van der Waals surface area contributed by atoms with Crippen molar-refractivity contribution in [1.82, 2.24) is 0 Å². The summed E-state index contributed by atoms with van der Waals surface area (Å²) in [5.41, 5.74) is 3.07. The lowest BCUT2D eigenvalue weighted by atomic mass is 10.2. The van der Waals surface area contributed by atoms with E-state index in [1.54, 1.807) is 0 Å². The molecule has 0 heterocycles. The van der Waals surface area contributed by atoms with E-state index in [9.17, 15) is 4.79 Å². The topological polar surface area (TPSA) is 37.3 Å². The van der Waals surface area contributed by atoms with Crippen molar-refractivity contribution < 1.29 is 9.90 Å². The van der Waals surface area contributed by atoms with E-state index in [2.05, 4.69) is 37.4 Å². The maximum atomic E-state index is 10.5. The maximum Gasteiger partial charge on any atom is 0.327 e.